The van der Waals surface area contributed by atoms with Crippen LogP contribution in [-0.4, -0.2) is 29.4 Å². The van der Waals surface area contributed by atoms with Crippen LogP contribution in [0.3, 0.4) is 0 Å². The molecule has 3 rings (SSSR count). The lowest BCUT2D eigenvalue weighted by Gasteiger charge is -2.28. The zero-order valence-electron chi connectivity index (χ0n) is 12.3. The van der Waals surface area contributed by atoms with Crippen molar-refractivity contribution in [2.75, 3.05) is 6.54 Å². The molecule has 1 saturated carbocycles. The summed E-state index contributed by atoms with van der Waals surface area (Å²) in [5.74, 6) is 0.462. The third-order valence-electron chi connectivity index (χ3n) is 4.90. The third kappa shape index (κ3) is 3.24. The van der Waals surface area contributed by atoms with Crippen LogP contribution in [0.5, 0.6) is 0 Å². The standard InChI is InChI=1S/C17H23ClN2O/c18-16-6-2-1-4-12(16)11-15-5-3-9-20(15)17(21)13-7-8-14(19)10-13/h1-2,4,6,13-15H,3,5,7-11,19H2/t13-,14+,15+/m0/s1. The first kappa shape index (κ1) is 14.9. The smallest absolute Gasteiger partial charge is 0.226 e. The Morgan fingerprint density at radius 3 is 2.81 bits per heavy atom. The van der Waals surface area contributed by atoms with Gasteiger partial charge in [0, 0.05) is 29.6 Å². The average Bonchev–Trinajstić information content (AvgIpc) is 3.10. The van der Waals surface area contributed by atoms with Crippen molar-refractivity contribution in [3.8, 4) is 0 Å². The van der Waals surface area contributed by atoms with E-state index >= 15 is 0 Å². The van der Waals surface area contributed by atoms with E-state index in [1.165, 1.54) is 0 Å². The van der Waals surface area contributed by atoms with E-state index in [0.717, 1.165) is 55.7 Å². The molecule has 0 spiro atoms. The van der Waals surface area contributed by atoms with E-state index in [-0.39, 0.29) is 12.0 Å². The topological polar surface area (TPSA) is 46.3 Å². The molecule has 1 heterocycles. The maximum Gasteiger partial charge on any atom is 0.226 e. The summed E-state index contributed by atoms with van der Waals surface area (Å²) in [5, 5.41) is 0.805. The summed E-state index contributed by atoms with van der Waals surface area (Å²) in [7, 11) is 0. The van der Waals surface area contributed by atoms with E-state index < -0.39 is 0 Å². The molecule has 0 unspecified atom stereocenters. The number of carbonyl (C=O) groups excluding carboxylic acids is 1. The Bertz CT molecular complexity index is 519. The van der Waals surface area contributed by atoms with Gasteiger partial charge in [-0.25, -0.2) is 0 Å². The number of benzene rings is 1. The molecule has 1 amide bonds. The molecule has 0 bridgehead atoms. The fourth-order valence-electron chi connectivity index (χ4n) is 3.73. The summed E-state index contributed by atoms with van der Waals surface area (Å²) in [4.78, 5) is 14.8. The number of carbonyl (C=O) groups is 1. The number of hydrogen-bond acceptors (Lipinski definition) is 2. The Morgan fingerprint density at radius 1 is 1.29 bits per heavy atom. The minimum Gasteiger partial charge on any atom is -0.339 e. The zero-order chi connectivity index (χ0) is 14.8. The highest BCUT2D eigenvalue weighted by Gasteiger charge is 2.36. The van der Waals surface area contributed by atoms with Crippen LogP contribution < -0.4 is 5.73 Å². The normalized spacial score (nSPS) is 29.0. The Hall–Kier alpha value is -1.06. The number of likely N-dealkylation sites (tertiary alicyclic amines) is 1. The highest BCUT2D eigenvalue weighted by atomic mass is 35.5. The number of hydrogen-bond donors (Lipinski definition) is 1. The second kappa shape index (κ2) is 6.37. The van der Waals surface area contributed by atoms with Crippen LogP contribution in [0, 0.1) is 5.92 Å². The van der Waals surface area contributed by atoms with Gasteiger partial charge in [-0.15, -0.1) is 0 Å². The Labute approximate surface area is 131 Å². The van der Waals surface area contributed by atoms with E-state index in [2.05, 4.69) is 11.0 Å². The molecule has 1 saturated heterocycles. The molecule has 1 aliphatic carbocycles. The maximum absolute atomic E-state index is 12.7. The zero-order valence-corrected chi connectivity index (χ0v) is 13.1. The predicted octanol–water partition coefficient (Wildman–Crippen LogP) is 3.00. The van der Waals surface area contributed by atoms with Gasteiger partial charge in [0.25, 0.3) is 0 Å². The van der Waals surface area contributed by atoms with Crippen LogP contribution in [0.4, 0.5) is 0 Å². The van der Waals surface area contributed by atoms with E-state index in [0.29, 0.717) is 11.9 Å². The van der Waals surface area contributed by atoms with E-state index in [9.17, 15) is 4.79 Å². The lowest BCUT2D eigenvalue weighted by Crippen LogP contribution is -2.40. The molecule has 114 valence electrons. The maximum atomic E-state index is 12.7. The van der Waals surface area contributed by atoms with Crippen molar-refractivity contribution < 1.29 is 4.79 Å². The molecule has 21 heavy (non-hydrogen) atoms. The molecule has 1 aromatic carbocycles. The molecule has 0 radical (unpaired) electrons. The van der Waals surface area contributed by atoms with Gasteiger partial charge in [-0.1, -0.05) is 29.8 Å². The van der Waals surface area contributed by atoms with Gasteiger partial charge in [0.2, 0.25) is 5.91 Å². The summed E-state index contributed by atoms with van der Waals surface area (Å²) >= 11 is 6.26. The van der Waals surface area contributed by atoms with Crippen molar-refractivity contribution in [2.24, 2.45) is 11.7 Å². The van der Waals surface area contributed by atoms with Gasteiger partial charge in [-0.05, 0) is 50.2 Å². The number of halogens is 1. The molecular weight excluding hydrogens is 284 g/mol. The molecule has 2 N–H and O–H groups in total. The van der Waals surface area contributed by atoms with E-state index in [1.54, 1.807) is 0 Å². The Morgan fingerprint density at radius 2 is 2.10 bits per heavy atom. The van der Waals surface area contributed by atoms with Crippen LogP contribution in [0.2, 0.25) is 5.02 Å². The minimum atomic E-state index is 0.145. The molecular formula is C17H23ClN2O. The molecule has 0 aromatic heterocycles. The lowest BCUT2D eigenvalue weighted by molar-refractivity contribution is -0.136. The number of rotatable bonds is 3. The fraction of sp³-hybridized carbons (Fsp3) is 0.588. The quantitative estimate of drug-likeness (QED) is 0.933. The number of nitrogens with zero attached hydrogens (tertiary/aromatic N) is 1. The van der Waals surface area contributed by atoms with Gasteiger partial charge in [0.05, 0.1) is 0 Å². The monoisotopic (exact) mass is 306 g/mol. The summed E-state index contributed by atoms with van der Waals surface area (Å²) in [6.07, 6.45) is 5.84. The van der Waals surface area contributed by atoms with E-state index in [4.69, 9.17) is 17.3 Å². The van der Waals surface area contributed by atoms with Crippen molar-refractivity contribution >= 4 is 17.5 Å². The molecule has 2 fully saturated rings. The van der Waals surface area contributed by atoms with Gasteiger partial charge >= 0.3 is 0 Å². The number of amides is 1. The lowest BCUT2D eigenvalue weighted by atomic mass is 10.0. The third-order valence-corrected chi connectivity index (χ3v) is 5.26. The van der Waals surface area contributed by atoms with Crippen LogP contribution in [-0.2, 0) is 11.2 Å². The van der Waals surface area contributed by atoms with Crippen LogP contribution in [0.1, 0.15) is 37.7 Å². The summed E-state index contributed by atoms with van der Waals surface area (Å²) in [6, 6.07) is 8.46. The molecule has 2 aliphatic rings. The molecule has 3 atom stereocenters. The molecule has 3 nitrogen and oxygen atoms in total. The molecule has 1 aromatic rings. The van der Waals surface area contributed by atoms with Crippen molar-refractivity contribution in [3.05, 3.63) is 34.9 Å². The van der Waals surface area contributed by atoms with Gasteiger partial charge in [0.15, 0.2) is 0 Å². The average molecular weight is 307 g/mol. The van der Waals surface area contributed by atoms with Crippen molar-refractivity contribution in [2.45, 2.75) is 50.6 Å². The Balaban J connectivity index is 1.68. The highest BCUT2D eigenvalue weighted by molar-refractivity contribution is 6.31. The second-order valence-corrected chi connectivity index (χ2v) is 6.80. The van der Waals surface area contributed by atoms with Gasteiger partial charge in [0.1, 0.15) is 0 Å². The molecule has 1 aliphatic heterocycles. The largest absolute Gasteiger partial charge is 0.339 e. The SMILES string of the molecule is N[C@@H]1CC[C@H](C(=O)N2CCC[C@@H]2Cc2ccccc2Cl)C1. The van der Waals surface area contributed by atoms with E-state index in [1.807, 2.05) is 18.2 Å². The van der Waals surface area contributed by atoms with Gasteiger partial charge in [-0.2, -0.15) is 0 Å². The van der Waals surface area contributed by atoms with Gasteiger partial charge < -0.3 is 10.6 Å². The van der Waals surface area contributed by atoms with Crippen molar-refractivity contribution in [1.82, 2.24) is 4.90 Å². The highest BCUT2D eigenvalue weighted by Crippen LogP contribution is 2.31. The Kier molecular flexibility index (Phi) is 4.51. The van der Waals surface area contributed by atoms with Crippen molar-refractivity contribution in [1.29, 1.82) is 0 Å². The van der Waals surface area contributed by atoms with Crippen LogP contribution >= 0.6 is 11.6 Å². The van der Waals surface area contributed by atoms with Crippen LogP contribution in [0.15, 0.2) is 24.3 Å². The van der Waals surface area contributed by atoms with Crippen molar-refractivity contribution in [3.63, 3.8) is 0 Å². The van der Waals surface area contributed by atoms with Crippen LogP contribution in [0.25, 0.3) is 0 Å². The molecule has 4 heteroatoms. The first-order valence-electron chi connectivity index (χ1n) is 7.94. The second-order valence-electron chi connectivity index (χ2n) is 6.39. The summed E-state index contributed by atoms with van der Waals surface area (Å²) in [6.45, 7) is 0.889. The first-order valence-corrected chi connectivity index (χ1v) is 8.32. The number of nitrogens with two attached hydrogens (primary N) is 1. The first-order chi connectivity index (χ1) is 10.1. The summed E-state index contributed by atoms with van der Waals surface area (Å²) in [5.41, 5.74) is 7.10. The minimum absolute atomic E-state index is 0.145. The van der Waals surface area contributed by atoms with Gasteiger partial charge in [-0.3, -0.25) is 4.79 Å². The summed E-state index contributed by atoms with van der Waals surface area (Å²) < 4.78 is 0. The fourth-order valence-corrected chi connectivity index (χ4v) is 3.94. The predicted molar refractivity (Wildman–Crippen MR) is 85.2 cm³/mol.